The van der Waals surface area contributed by atoms with Crippen molar-refractivity contribution in [2.24, 2.45) is 0 Å². The highest BCUT2D eigenvalue weighted by atomic mass is 16.5. The van der Waals surface area contributed by atoms with Crippen molar-refractivity contribution in [1.82, 2.24) is 9.88 Å². The van der Waals surface area contributed by atoms with E-state index in [1.807, 2.05) is 19.1 Å². The van der Waals surface area contributed by atoms with Gasteiger partial charge in [-0.15, -0.1) is 0 Å². The number of benzene rings is 1. The number of hydrogen-bond acceptors (Lipinski definition) is 4. The zero-order valence-corrected chi connectivity index (χ0v) is 12.7. The molecule has 4 heteroatoms. The minimum atomic E-state index is 0.842. The number of methoxy groups -OCH3 is 1. The van der Waals surface area contributed by atoms with Crippen LogP contribution in [0.2, 0.25) is 0 Å². The van der Waals surface area contributed by atoms with Gasteiger partial charge in [-0.3, -0.25) is 4.98 Å². The number of anilines is 1. The summed E-state index contributed by atoms with van der Waals surface area (Å²) in [5.74, 6) is 0.842. The lowest BCUT2D eigenvalue weighted by Crippen LogP contribution is -2.16. The molecule has 1 heterocycles. The van der Waals surface area contributed by atoms with Crippen molar-refractivity contribution in [3.05, 3.63) is 30.0 Å². The Balaban J connectivity index is 2.19. The second-order valence-electron chi connectivity index (χ2n) is 5.28. The Kier molecular flexibility index (Phi) is 4.79. The molecule has 4 nitrogen and oxygen atoms in total. The number of rotatable bonds is 6. The van der Waals surface area contributed by atoms with Crippen molar-refractivity contribution in [3.63, 3.8) is 0 Å². The Morgan fingerprint density at radius 1 is 1.25 bits per heavy atom. The molecule has 1 N–H and O–H groups in total. The van der Waals surface area contributed by atoms with Crippen molar-refractivity contribution >= 4 is 16.6 Å². The molecule has 0 aliphatic rings. The Hall–Kier alpha value is -1.81. The van der Waals surface area contributed by atoms with Crippen LogP contribution in [-0.4, -0.2) is 44.2 Å². The summed E-state index contributed by atoms with van der Waals surface area (Å²) in [6.07, 6.45) is 1.12. The van der Waals surface area contributed by atoms with Crippen LogP contribution < -0.4 is 10.1 Å². The summed E-state index contributed by atoms with van der Waals surface area (Å²) in [4.78, 5) is 6.77. The lowest BCUT2D eigenvalue weighted by molar-refractivity contribution is 0.405. The van der Waals surface area contributed by atoms with Crippen LogP contribution in [0.25, 0.3) is 10.9 Å². The predicted molar refractivity (Wildman–Crippen MR) is 84.7 cm³/mol. The summed E-state index contributed by atoms with van der Waals surface area (Å²) < 4.78 is 5.26. The van der Waals surface area contributed by atoms with Crippen molar-refractivity contribution in [1.29, 1.82) is 0 Å². The third-order valence-corrected chi connectivity index (χ3v) is 3.24. The van der Waals surface area contributed by atoms with Gasteiger partial charge in [0.05, 0.1) is 12.6 Å². The summed E-state index contributed by atoms with van der Waals surface area (Å²) in [5, 5.41) is 4.65. The zero-order chi connectivity index (χ0) is 14.5. The molecule has 0 aliphatic carbocycles. The molecule has 0 amide bonds. The quantitative estimate of drug-likeness (QED) is 0.821. The summed E-state index contributed by atoms with van der Waals surface area (Å²) in [5.41, 5.74) is 3.13. The number of hydrogen-bond donors (Lipinski definition) is 1. The van der Waals surface area contributed by atoms with E-state index in [2.05, 4.69) is 41.4 Å². The maximum atomic E-state index is 5.26. The Bertz CT molecular complexity index is 581. The van der Waals surface area contributed by atoms with Crippen LogP contribution in [-0.2, 0) is 0 Å². The standard InChI is InChI=1S/C16H23N3O/c1-12-10-15(17-8-5-9-19(2)3)14-7-6-13(20-4)11-16(14)18-12/h6-7,10-11H,5,8-9H2,1-4H3,(H,17,18). The third kappa shape index (κ3) is 3.61. The number of aromatic nitrogens is 1. The topological polar surface area (TPSA) is 37.4 Å². The second kappa shape index (κ2) is 6.57. The largest absolute Gasteiger partial charge is 0.497 e. The predicted octanol–water partition coefficient (Wildman–Crippen LogP) is 2.92. The number of ether oxygens (including phenoxy) is 1. The summed E-state index contributed by atoms with van der Waals surface area (Å²) in [6.45, 7) is 4.06. The van der Waals surface area contributed by atoms with E-state index < -0.39 is 0 Å². The van der Waals surface area contributed by atoms with Crippen molar-refractivity contribution in [2.45, 2.75) is 13.3 Å². The van der Waals surface area contributed by atoms with Crippen molar-refractivity contribution < 1.29 is 4.74 Å². The molecular formula is C16H23N3O. The lowest BCUT2D eigenvalue weighted by Gasteiger charge is -2.13. The Labute approximate surface area is 120 Å². The molecule has 0 radical (unpaired) electrons. The van der Waals surface area contributed by atoms with Gasteiger partial charge in [0.15, 0.2) is 0 Å². The average Bonchev–Trinajstić information content (AvgIpc) is 2.42. The molecule has 0 aliphatic heterocycles. The summed E-state index contributed by atoms with van der Waals surface area (Å²) >= 11 is 0. The fraction of sp³-hybridized carbons (Fsp3) is 0.438. The molecule has 1 aromatic heterocycles. The monoisotopic (exact) mass is 273 g/mol. The average molecular weight is 273 g/mol. The molecule has 0 saturated carbocycles. The minimum Gasteiger partial charge on any atom is -0.497 e. The maximum Gasteiger partial charge on any atom is 0.121 e. The van der Waals surface area contributed by atoms with Crippen LogP contribution in [0.3, 0.4) is 0 Å². The molecule has 108 valence electrons. The van der Waals surface area contributed by atoms with Gasteiger partial charge < -0.3 is 15.0 Å². The molecular weight excluding hydrogens is 250 g/mol. The SMILES string of the molecule is COc1ccc2c(NCCCN(C)C)cc(C)nc2c1. The van der Waals surface area contributed by atoms with Crippen LogP contribution >= 0.6 is 0 Å². The van der Waals surface area contributed by atoms with Crippen molar-refractivity contribution in [2.75, 3.05) is 39.6 Å². The first-order chi connectivity index (χ1) is 9.60. The smallest absolute Gasteiger partial charge is 0.121 e. The molecule has 2 rings (SSSR count). The number of pyridine rings is 1. The van der Waals surface area contributed by atoms with Crippen LogP contribution in [0.1, 0.15) is 12.1 Å². The molecule has 1 aromatic carbocycles. The molecule has 0 unspecified atom stereocenters. The molecule has 0 fully saturated rings. The van der Waals surface area contributed by atoms with Gasteiger partial charge in [-0.05, 0) is 52.2 Å². The lowest BCUT2D eigenvalue weighted by atomic mass is 10.1. The first kappa shape index (κ1) is 14.6. The highest BCUT2D eigenvalue weighted by molar-refractivity contribution is 5.92. The van der Waals surface area contributed by atoms with Gasteiger partial charge in [-0.1, -0.05) is 0 Å². The van der Waals surface area contributed by atoms with Gasteiger partial charge in [-0.25, -0.2) is 0 Å². The van der Waals surface area contributed by atoms with Crippen LogP contribution in [0.15, 0.2) is 24.3 Å². The first-order valence-electron chi connectivity index (χ1n) is 6.94. The second-order valence-corrected chi connectivity index (χ2v) is 5.28. The zero-order valence-electron chi connectivity index (χ0n) is 12.7. The normalized spacial score (nSPS) is 11.1. The van der Waals surface area contributed by atoms with E-state index in [4.69, 9.17) is 4.74 Å². The number of nitrogens with one attached hydrogen (secondary N) is 1. The van der Waals surface area contributed by atoms with Crippen LogP contribution in [0.4, 0.5) is 5.69 Å². The Morgan fingerprint density at radius 2 is 2.05 bits per heavy atom. The molecule has 0 spiro atoms. The number of nitrogens with zero attached hydrogens (tertiary/aromatic N) is 2. The molecule has 0 atom stereocenters. The van der Waals surface area contributed by atoms with Gasteiger partial charge in [-0.2, -0.15) is 0 Å². The van der Waals surface area contributed by atoms with Gasteiger partial charge >= 0.3 is 0 Å². The first-order valence-corrected chi connectivity index (χ1v) is 6.94. The van der Waals surface area contributed by atoms with E-state index in [1.165, 1.54) is 0 Å². The molecule has 20 heavy (non-hydrogen) atoms. The third-order valence-electron chi connectivity index (χ3n) is 3.24. The van der Waals surface area contributed by atoms with E-state index >= 15 is 0 Å². The van der Waals surface area contributed by atoms with Crippen LogP contribution in [0, 0.1) is 6.92 Å². The Morgan fingerprint density at radius 3 is 2.75 bits per heavy atom. The van der Waals surface area contributed by atoms with E-state index in [9.17, 15) is 0 Å². The highest BCUT2D eigenvalue weighted by Crippen LogP contribution is 2.26. The number of aryl methyl sites for hydroxylation is 1. The van der Waals surface area contributed by atoms with Crippen LogP contribution in [0.5, 0.6) is 5.75 Å². The molecule has 0 bridgehead atoms. The number of fused-ring (bicyclic) bond motifs is 1. The fourth-order valence-electron chi connectivity index (χ4n) is 2.23. The van der Waals surface area contributed by atoms with Gasteiger partial charge in [0.1, 0.15) is 5.75 Å². The van der Waals surface area contributed by atoms with Gasteiger partial charge in [0.2, 0.25) is 0 Å². The summed E-state index contributed by atoms with van der Waals surface area (Å²) in [6, 6.07) is 8.12. The van der Waals surface area contributed by atoms with E-state index in [0.29, 0.717) is 0 Å². The summed E-state index contributed by atoms with van der Waals surface area (Å²) in [7, 11) is 5.87. The van der Waals surface area contributed by atoms with E-state index in [0.717, 1.165) is 47.5 Å². The minimum absolute atomic E-state index is 0.842. The molecule has 2 aromatic rings. The van der Waals surface area contributed by atoms with E-state index in [-0.39, 0.29) is 0 Å². The highest BCUT2D eigenvalue weighted by Gasteiger charge is 2.05. The fourth-order valence-corrected chi connectivity index (χ4v) is 2.23. The maximum absolute atomic E-state index is 5.26. The van der Waals surface area contributed by atoms with Gasteiger partial charge in [0, 0.05) is 29.4 Å². The van der Waals surface area contributed by atoms with Crippen molar-refractivity contribution in [3.8, 4) is 5.75 Å². The van der Waals surface area contributed by atoms with E-state index in [1.54, 1.807) is 7.11 Å². The van der Waals surface area contributed by atoms with Gasteiger partial charge in [0.25, 0.3) is 0 Å². The molecule has 0 saturated heterocycles.